The summed E-state index contributed by atoms with van der Waals surface area (Å²) >= 11 is 0. The minimum atomic E-state index is -0.752. The predicted octanol–water partition coefficient (Wildman–Crippen LogP) is 3.03. The molecule has 0 saturated heterocycles. The van der Waals surface area contributed by atoms with Crippen molar-refractivity contribution < 1.29 is 14.3 Å². The van der Waals surface area contributed by atoms with Gasteiger partial charge in [0, 0.05) is 17.0 Å². The van der Waals surface area contributed by atoms with Crippen molar-refractivity contribution in [1.29, 1.82) is 10.5 Å². The lowest BCUT2D eigenvalue weighted by Crippen LogP contribution is -2.31. The first-order chi connectivity index (χ1) is 15.5. The van der Waals surface area contributed by atoms with Crippen LogP contribution in [-0.4, -0.2) is 24.7 Å². The van der Waals surface area contributed by atoms with Gasteiger partial charge >= 0.3 is 5.97 Å². The van der Waals surface area contributed by atoms with E-state index in [2.05, 4.69) is 16.4 Å². The van der Waals surface area contributed by atoms with Gasteiger partial charge in [-0.3, -0.25) is 4.79 Å². The van der Waals surface area contributed by atoms with Crippen molar-refractivity contribution in [2.24, 2.45) is 0 Å². The summed E-state index contributed by atoms with van der Waals surface area (Å²) in [6, 6.07) is 8.96. The van der Waals surface area contributed by atoms with Gasteiger partial charge in [-0.1, -0.05) is 6.07 Å². The maximum absolute atomic E-state index is 13.3. The van der Waals surface area contributed by atoms with Crippen molar-refractivity contribution in [2.45, 2.75) is 38.5 Å². The predicted molar refractivity (Wildman–Crippen MR) is 116 cm³/mol. The molecule has 0 saturated carbocycles. The number of hydrogen-bond donors (Lipinski definition) is 2. The molecule has 8 heteroatoms. The molecule has 2 aromatic rings. The number of rotatable bonds is 5. The van der Waals surface area contributed by atoms with Crippen LogP contribution in [0.15, 0.2) is 34.3 Å². The summed E-state index contributed by atoms with van der Waals surface area (Å²) in [7, 11) is 1.48. The Balaban J connectivity index is 1.95. The molecule has 32 heavy (non-hydrogen) atoms. The quantitative estimate of drug-likeness (QED) is 0.551. The Hall–Kier alpha value is -4.04. The molecular formula is C24H22N4O4. The van der Waals surface area contributed by atoms with Gasteiger partial charge in [0.1, 0.15) is 12.4 Å². The molecule has 2 heterocycles. The Kier molecular flexibility index (Phi) is 5.70. The average Bonchev–Trinajstić information content (AvgIpc) is 3.26. The second-order valence-corrected chi connectivity index (χ2v) is 7.76. The SMILES string of the molecule is COc1cc(C#N)ccc1C1C(C(=O)OCCC#N)=C(C)Nc2c3c([nH]c(=O)c21)CCC3. The first kappa shape index (κ1) is 21.2. The highest BCUT2D eigenvalue weighted by Gasteiger charge is 2.39. The Morgan fingerprint density at radius 1 is 1.28 bits per heavy atom. The van der Waals surface area contributed by atoms with Crippen molar-refractivity contribution in [3.8, 4) is 17.9 Å². The summed E-state index contributed by atoms with van der Waals surface area (Å²) in [6.07, 6.45) is 2.64. The molecule has 2 aliphatic rings. The molecule has 2 N–H and O–H groups in total. The van der Waals surface area contributed by atoms with Gasteiger partial charge in [-0.25, -0.2) is 4.79 Å². The molecule has 1 aliphatic heterocycles. The number of esters is 1. The molecule has 4 rings (SSSR count). The van der Waals surface area contributed by atoms with E-state index in [9.17, 15) is 14.9 Å². The molecular weight excluding hydrogens is 408 g/mol. The van der Waals surface area contributed by atoms with Gasteiger partial charge in [0.15, 0.2) is 0 Å². The molecule has 0 fully saturated rings. The molecule has 1 unspecified atom stereocenters. The number of H-pyrrole nitrogens is 1. The number of aryl methyl sites for hydroxylation is 1. The zero-order chi connectivity index (χ0) is 22.8. The summed E-state index contributed by atoms with van der Waals surface area (Å²) in [6.45, 7) is 1.73. The molecule has 8 nitrogen and oxygen atoms in total. The second kappa shape index (κ2) is 8.60. The number of carbonyl (C=O) groups excluding carboxylic acids is 1. The molecule has 1 aromatic carbocycles. The Morgan fingerprint density at radius 2 is 2.09 bits per heavy atom. The zero-order valence-corrected chi connectivity index (χ0v) is 17.9. The second-order valence-electron chi connectivity index (χ2n) is 7.76. The van der Waals surface area contributed by atoms with Gasteiger partial charge in [-0.15, -0.1) is 0 Å². The summed E-state index contributed by atoms with van der Waals surface area (Å²) in [5.74, 6) is -0.956. The van der Waals surface area contributed by atoms with Crippen molar-refractivity contribution in [2.75, 3.05) is 19.0 Å². The molecule has 162 valence electrons. The van der Waals surface area contributed by atoms with E-state index in [1.54, 1.807) is 25.1 Å². The average molecular weight is 430 g/mol. The Bertz CT molecular complexity index is 1280. The number of anilines is 1. The van der Waals surface area contributed by atoms with Crippen molar-refractivity contribution >= 4 is 11.7 Å². The number of aromatic amines is 1. The highest BCUT2D eigenvalue weighted by atomic mass is 16.5. The van der Waals surface area contributed by atoms with E-state index in [4.69, 9.17) is 14.7 Å². The number of pyridine rings is 1. The number of hydrogen-bond acceptors (Lipinski definition) is 7. The fourth-order valence-electron chi connectivity index (χ4n) is 4.54. The van der Waals surface area contributed by atoms with Crippen LogP contribution >= 0.6 is 0 Å². The number of nitrogens with zero attached hydrogens (tertiary/aromatic N) is 2. The number of benzene rings is 1. The maximum Gasteiger partial charge on any atom is 0.336 e. The number of nitrogens with one attached hydrogen (secondary N) is 2. The normalized spacial score (nSPS) is 16.3. The maximum atomic E-state index is 13.3. The Morgan fingerprint density at radius 3 is 2.81 bits per heavy atom. The van der Waals surface area contributed by atoms with E-state index in [1.165, 1.54) is 7.11 Å². The van der Waals surface area contributed by atoms with E-state index in [0.717, 1.165) is 36.2 Å². The van der Waals surface area contributed by atoms with Gasteiger partial charge in [-0.2, -0.15) is 10.5 Å². The van der Waals surface area contributed by atoms with E-state index < -0.39 is 11.9 Å². The standard InChI is InChI=1S/C24H22N4O4/c1-13-19(24(30)32-10-4-9-25)20(16-8-7-14(12-26)11-18(16)31-2)21-22(27-13)15-5-3-6-17(15)28-23(21)29/h7-8,11,20,27H,3-6,10H2,1-2H3,(H,28,29). The summed E-state index contributed by atoms with van der Waals surface area (Å²) < 4.78 is 10.9. The van der Waals surface area contributed by atoms with Crippen LogP contribution in [0.2, 0.25) is 0 Å². The number of methoxy groups -OCH3 is 1. The molecule has 1 atom stereocenters. The van der Waals surface area contributed by atoms with Crippen LogP contribution in [0.5, 0.6) is 5.75 Å². The van der Waals surface area contributed by atoms with Gasteiger partial charge in [0.2, 0.25) is 0 Å². The number of allylic oxidation sites excluding steroid dienone is 1. The van der Waals surface area contributed by atoms with Gasteiger partial charge in [0.25, 0.3) is 5.56 Å². The van der Waals surface area contributed by atoms with Gasteiger partial charge < -0.3 is 19.8 Å². The van der Waals surface area contributed by atoms with Crippen LogP contribution in [0, 0.1) is 22.7 Å². The van der Waals surface area contributed by atoms with Crippen LogP contribution in [0.3, 0.4) is 0 Å². The summed E-state index contributed by atoms with van der Waals surface area (Å²) in [5.41, 5.74) is 4.69. The molecule has 0 bridgehead atoms. The van der Waals surface area contributed by atoms with E-state index >= 15 is 0 Å². The minimum Gasteiger partial charge on any atom is -0.496 e. The van der Waals surface area contributed by atoms with Crippen LogP contribution in [0.1, 0.15) is 53.6 Å². The lowest BCUT2D eigenvalue weighted by Gasteiger charge is -2.31. The largest absolute Gasteiger partial charge is 0.496 e. The monoisotopic (exact) mass is 430 g/mol. The fourth-order valence-corrected chi connectivity index (χ4v) is 4.54. The van der Waals surface area contributed by atoms with Gasteiger partial charge in [0.05, 0.1) is 54.0 Å². The number of nitriles is 2. The first-order valence-corrected chi connectivity index (χ1v) is 10.4. The van der Waals surface area contributed by atoms with Crippen LogP contribution in [0.25, 0.3) is 0 Å². The zero-order valence-electron chi connectivity index (χ0n) is 17.9. The molecule has 0 spiro atoms. The lowest BCUT2D eigenvalue weighted by molar-refractivity contribution is -0.139. The van der Waals surface area contributed by atoms with Crippen molar-refractivity contribution in [3.63, 3.8) is 0 Å². The van der Waals surface area contributed by atoms with Crippen LogP contribution in [-0.2, 0) is 22.4 Å². The van der Waals surface area contributed by atoms with Gasteiger partial charge in [-0.05, 0) is 43.9 Å². The molecule has 0 amide bonds. The lowest BCUT2D eigenvalue weighted by atomic mass is 9.79. The third kappa shape index (κ3) is 3.50. The smallest absolute Gasteiger partial charge is 0.336 e. The highest BCUT2D eigenvalue weighted by molar-refractivity contribution is 5.95. The number of ether oxygens (including phenoxy) is 2. The first-order valence-electron chi connectivity index (χ1n) is 10.4. The highest BCUT2D eigenvalue weighted by Crippen LogP contribution is 2.46. The molecule has 1 aromatic heterocycles. The summed E-state index contributed by atoms with van der Waals surface area (Å²) in [4.78, 5) is 29.4. The van der Waals surface area contributed by atoms with E-state index in [0.29, 0.717) is 28.1 Å². The minimum absolute atomic E-state index is 0.0449. The van der Waals surface area contributed by atoms with E-state index in [1.807, 2.05) is 6.07 Å². The number of aromatic nitrogens is 1. The topological polar surface area (TPSA) is 128 Å². The fraction of sp³-hybridized carbons (Fsp3) is 0.333. The molecule has 0 radical (unpaired) electrons. The third-order valence-corrected chi connectivity index (χ3v) is 5.93. The molecule has 1 aliphatic carbocycles. The van der Waals surface area contributed by atoms with E-state index in [-0.39, 0.29) is 24.2 Å². The van der Waals surface area contributed by atoms with Crippen LogP contribution < -0.4 is 15.6 Å². The van der Waals surface area contributed by atoms with Crippen LogP contribution in [0.4, 0.5) is 5.69 Å². The van der Waals surface area contributed by atoms with Crippen molar-refractivity contribution in [1.82, 2.24) is 4.98 Å². The Labute approximate surface area is 185 Å². The number of carbonyl (C=O) groups is 1. The number of fused-ring (bicyclic) bond motifs is 3. The summed E-state index contributed by atoms with van der Waals surface area (Å²) in [5, 5.41) is 21.4. The van der Waals surface area contributed by atoms with Crippen molar-refractivity contribution in [3.05, 3.63) is 67.8 Å². The third-order valence-electron chi connectivity index (χ3n) is 5.93.